The minimum atomic E-state index is 0.579. The second-order valence-electron chi connectivity index (χ2n) is 6.91. The van der Waals surface area contributed by atoms with Crippen LogP contribution in [0.3, 0.4) is 0 Å². The van der Waals surface area contributed by atoms with Crippen LogP contribution in [0.15, 0.2) is 24.3 Å². The van der Waals surface area contributed by atoms with Gasteiger partial charge in [0.05, 0.1) is 0 Å². The Morgan fingerprint density at radius 2 is 1.75 bits per heavy atom. The molecular formula is C19H29N. The van der Waals surface area contributed by atoms with Gasteiger partial charge in [-0.25, -0.2) is 0 Å². The highest BCUT2D eigenvalue weighted by Crippen LogP contribution is 2.47. The van der Waals surface area contributed by atoms with E-state index in [9.17, 15) is 0 Å². The first-order chi connectivity index (χ1) is 9.79. The van der Waals surface area contributed by atoms with Crippen molar-refractivity contribution in [2.45, 2.75) is 64.3 Å². The molecule has 2 fully saturated rings. The smallest absolute Gasteiger partial charge is 0.0351 e. The van der Waals surface area contributed by atoms with E-state index in [1.165, 1.54) is 44.1 Å². The highest BCUT2D eigenvalue weighted by atomic mass is 14.9. The Kier molecular flexibility index (Phi) is 4.45. The van der Waals surface area contributed by atoms with E-state index in [-0.39, 0.29) is 0 Å². The zero-order chi connectivity index (χ0) is 13.9. The van der Waals surface area contributed by atoms with E-state index >= 15 is 0 Å². The Balaban J connectivity index is 1.70. The van der Waals surface area contributed by atoms with Crippen LogP contribution in [0.25, 0.3) is 0 Å². The van der Waals surface area contributed by atoms with Gasteiger partial charge in [-0.1, -0.05) is 57.4 Å². The summed E-state index contributed by atoms with van der Waals surface area (Å²) in [7, 11) is 0. The Bertz CT molecular complexity index is 416. The lowest BCUT2D eigenvalue weighted by Crippen LogP contribution is -2.23. The summed E-state index contributed by atoms with van der Waals surface area (Å²) in [5.74, 6) is 2.59. The first-order valence-electron chi connectivity index (χ1n) is 8.63. The number of benzene rings is 1. The molecule has 1 aromatic rings. The maximum absolute atomic E-state index is 3.69. The Morgan fingerprint density at radius 1 is 1.10 bits per heavy atom. The second-order valence-corrected chi connectivity index (χ2v) is 6.91. The maximum atomic E-state index is 3.69. The summed E-state index contributed by atoms with van der Waals surface area (Å²) in [5.41, 5.74) is 3.08. The third-order valence-electron chi connectivity index (χ3n) is 5.40. The number of rotatable bonds is 5. The van der Waals surface area contributed by atoms with Gasteiger partial charge in [0.1, 0.15) is 0 Å². The van der Waals surface area contributed by atoms with E-state index in [4.69, 9.17) is 0 Å². The molecule has 20 heavy (non-hydrogen) atoms. The van der Waals surface area contributed by atoms with Crippen molar-refractivity contribution in [2.24, 2.45) is 11.8 Å². The SMILES string of the molecule is CCNC(c1ccc(C2CCCCC2)cc1)C1CC1C. The molecule has 0 spiro atoms. The fourth-order valence-corrected chi connectivity index (χ4v) is 3.96. The van der Waals surface area contributed by atoms with Crippen molar-refractivity contribution in [2.75, 3.05) is 6.54 Å². The third kappa shape index (κ3) is 3.09. The molecule has 2 saturated carbocycles. The topological polar surface area (TPSA) is 12.0 Å². The predicted molar refractivity (Wildman–Crippen MR) is 86.0 cm³/mol. The molecule has 0 aliphatic heterocycles. The molecule has 0 saturated heterocycles. The van der Waals surface area contributed by atoms with Crippen molar-refractivity contribution >= 4 is 0 Å². The minimum absolute atomic E-state index is 0.579. The van der Waals surface area contributed by atoms with Crippen LogP contribution in [0.4, 0.5) is 0 Å². The van der Waals surface area contributed by atoms with Crippen molar-refractivity contribution in [3.05, 3.63) is 35.4 Å². The zero-order valence-corrected chi connectivity index (χ0v) is 13.1. The lowest BCUT2D eigenvalue weighted by atomic mass is 9.83. The van der Waals surface area contributed by atoms with Gasteiger partial charge in [-0.15, -0.1) is 0 Å². The van der Waals surface area contributed by atoms with Gasteiger partial charge >= 0.3 is 0 Å². The van der Waals surface area contributed by atoms with Crippen LogP contribution >= 0.6 is 0 Å². The summed E-state index contributed by atoms with van der Waals surface area (Å²) >= 11 is 0. The molecule has 0 amide bonds. The van der Waals surface area contributed by atoms with Crippen LogP contribution < -0.4 is 5.32 Å². The summed E-state index contributed by atoms with van der Waals surface area (Å²) in [6, 6.07) is 10.2. The van der Waals surface area contributed by atoms with Crippen LogP contribution in [0.2, 0.25) is 0 Å². The van der Waals surface area contributed by atoms with Crippen LogP contribution in [0.5, 0.6) is 0 Å². The average molecular weight is 271 g/mol. The number of hydrogen-bond donors (Lipinski definition) is 1. The standard InChI is InChI=1S/C19H29N/c1-3-20-19(18-13-14(18)2)17-11-9-16(10-12-17)15-7-5-4-6-8-15/h9-12,14-15,18-20H,3-8,13H2,1-2H3. The van der Waals surface area contributed by atoms with E-state index in [0.717, 1.165) is 24.3 Å². The second kappa shape index (κ2) is 6.30. The molecule has 0 aromatic heterocycles. The molecule has 1 nitrogen and oxygen atoms in total. The van der Waals surface area contributed by atoms with Gasteiger partial charge in [0.15, 0.2) is 0 Å². The largest absolute Gasteiger partial charge is 0.310 e. The van der Waals surface area contributed by atoms with Crippen molar-refractivity contribution in [1.82, 2.24) is 5.32 Å². The molecule has 1 heteroatoms. The molecule has 1 aromatic carbocycles. The molecule has 1 N–H and O–H groups in total. The van der Waals surface area contributed by atoms with Gasteiger partial charge in [0.25, 0.3) is 0 Å². The first kappa shape index (κ1) is 14.1. The summed E-state index contributed by atoms with van der Waals surface area (Å²) < 4.78 is 0. The minimum Gasteiger partial charge on any atom is -0.310 e. The molecule has 3 atom stereocenters. The molecule has 3 unspecified atom stereocenters. The van der Waals surface area contributed by atoms with Gasteiger partial charge in [0, 0.05) is 6.04 Å². The number of nitrogens with one attached hydrogen (secondary N) is 1. The van der Waals surface area contributed by atoms with E-state index in [0.29, 0.717) is 6.04 Å². The van der Waals surface area contributed by atoms with Crippen LogP contribution in [-0.2, 0) is 0 Å². The summed E-state index contributed by atoms with van der Waals surface area (Å²) in [5, 5.41) is 3.69. The van der Waals surface area contributed by atoms with Crippen molar-refractivity contribution < 1.29 is 0 Å². The van der Waals surface area contributed by atoms with Gasteiger partial charge < -0.3 is 5.32 Å². The van der Waals surface area contributed by atoms with E-state index < -0.39 is 0 Å². The molecule has 2 aliphatic rings. The van der Waals surface area contributed by atoms with Crippen LogP contribution in [0, 0.1) is 11.8 Å². The van der Waals surface area contributed by atoms with Crippen molar-refractivity contribution in [1.29, 1.82) is 0 Å². The van der Waals surface area contributed by atoms with Gasteiger partial charge in [-0.2, -0.15) is 0 Å². The lowest BCUT2D eigenvalue weighted by molar-refractivity contribution is 0.443. The quantitative estimate of drug-likeness (QED) is 0.791. The average Bonchev–Trinajstić information content (AvgIpc) is 3.22. The van der Waals surface area contributed by atoms with Gasteiger partial charge in [-0.3, -0.25) is 0 Å². The summed E-state index contributed by atoms with van der Waals surface area (Å²) in [4.78, 5) is 0. The van der Waals surface area contributed by atoms with E-state index in [1.54, 1.807) is 5.56 Å². The zero-order valence-electron chi connectivity index (χ0n) is 13.1. The van der Waals surface area contributed by atoms with Crippen molar-refractivity contribution in [3.8, 4) is 0 Å². The molecule has 0 bridgehead atoms. The lowest BCUT2D eigenvalue weighted by Gasteiger charge is -2.23. The Labute approximate surface area is 124 Å². The first-order valence-corrected chi connectivity index (χ1v) is 8.63. The molecule has 0 radical (unpaired) electrons. The van der Waals surface area contributed by atoms with Crippen molar-refractivity contribution in [3.63, 3.8) is 0 Å². The van der Waals surface area contributed by atoms with Crippen LogP contribution in [0.1, 0.15) is 75.5 Å². The fraction of sp³-hybridized carbons (Fsp3) is 0.684. The van der Waals surface area contributed by atoms with E-state index in [2.05, 4.69) is 43.4 Å². The maximum Gasteiger partial charge on any atom is 0.0351 e. The van der Waals surface area contributed by atoms with Gasteiger partial charge in [-0.05, 0) is 54.7 Å². The highest BCUT2D eigenvalue weighted by molar-refractivity contribution is 5.29. The summed E-state index contributed by atoms with van der Waals surface area (Å²) in [6.07, 6.45) is 8.47. The Morgan fingerprint density at radius 3 is 2.30 bits per heavy atom. The predicted octanol–water partition coefficient (Wildman–Crippen LogP) is 5.04. The Hall–Kier alpha value is -0.820. The molecule has 0 heterocycles. The normalized spacial score (nSPS) is 28.3. The summed E-state index contributed by atoms with van der Waals surface area (Å²) in [6.45, 7) is 5.67. The van der Waals surface area contributed by atoms with Gasteiger partial charge in [0.2, 0.25) is 0 Å². The van der Waals surface area contributed by atoms with E-state index in [1.807, 2.05) is 0 Å². The monoisotopic (exact) mass is 271 g/mol. The molecule has 3 rings (SSSR count). The van der Waals surface area contributed by atoms with Crippen LogP contribution in [-0.4, -0.2) is 6.54 Å². The number of hydrogen-bond acceptors (Lipinski definition) is 1. The fourth-order valence-electron chi connectivity index (χ4n) is 3.96. The highest BCUT2D eigenvalue weighted by Gasteiger charge is 2.39. The molecule has 2 aliphatic carbocycles. The third-order valence-corrected chi connectivity index (χ3v) is 5.40. The molecular weight excluding hydrogens is 242 g/mol. The molecule has 110 valence electrons.